The number of halogens is 2. The molecular weight excluding hydrogens is 210 g/mol. The summed E-state index contributed by atoms with van der Waals surface area (Å²) < 4.78 is 25.9. The first kappa shape index (κ1) is 12.8. The summed E-state index contributed by atoms with van der Waals surface area (Å²) in [7, 11) is 0. The van der Waals surface area contributed by atoms with Crippen molar-refractivity contribution in [3.8, 4) is 0 Å². The zero-order valence-electron chi connectivity index (χ0n) is 9.76. The van der Waals surface area contributed by atoms with E-state index in [0.717, 1.165) is 6.07 Å². The molecule has 1 aromatic carbocycles. The molecule has 0 amide bonds. The van der Waals surface area contributed by atoms with Crippen molar-refractivity contribution in [2.24, 2.45) is 11.8 Å². The first-order valence-electron chi connectivity index (χ1n) is 5.35. The van der Waals surface area contributed by atoms with Gasteiger partial charge in [0.1, 0.15) is 17.4 Å². The molecule has 3 heteroatoms. The predicted molar refractivity (Wildman–Crippen MR) is 59.1 cm³/mol. The van der Waals surface area contributed by atoms with Gasteiger partial charge >= 0.3 is 0 Å². The van der Waals surface area contributed by atoms with Crippen LogP contribution in [-0.4, -0.2) is 5.78 Å². The fourth-order valence-electron chi connectivity index (χ4n) is 1.83. The van der Waals surface area contributed by atoms with E-state index in [1.807, 2.05) is 13.8 Å². The lowest BCUT2D eigenvalue weighted by Gasteiger charge is -2.17. The first-order chi connectivity index (χ1) is 7.40. The third-order valence-electron chi connectivity index (χ3n) is 2.70. The number of Topliss-reactive ketones (excluding diaryl/α,β-unsaturated/α-hetero) is 1. The van der Waals surface area contributed by atoms with Crippen LogP contribution in [0.25, 0.3) is 0 Å². The molecule has 0 bridgehead atoms. The van der Waals surface area contributed by atoms with E-state index < -0.39 is 11.6 Å². The van der Waals surface area contributed by atoms with E-state index in [2.05, 4.69) is 0 Å². The zero-order chi connectivity index (χ0) is 12.3. The van der Waals surface area contributed by atoms with E-state index in [-0.39, 0.29) is 17.6 Å². The van der Waals surface area contributed by atoms with E-state index in [1.54, 1.807) is 0 Å². The summed E-state index contributed by atoms with van der Waals surface area (Å²) in [5.74, 6) is -1.15. The van der Waals surface area contributed by atoms with Crippen molar-refractivity contribution in [1.82, 2.24) is 0 Å². The maximum Gasteiger partial charge on any atom is 0.133 e. The van der Waals surface area contributed by atoms with E-state index in [0.29, 0.717) is 12.0 Å². The van der Waals surface area contributed by atoms with Crippen LogP contribution < -0.4 is 0 Å². The summed E-state index contributed by atoms with van der Waals surface area (Å²) in [5.41, 5.74) is 0.534. The van der Waals surface area contributed by atoms with Gasteiger partial charge in [-0.3, -0.25) is 4.79 Å². The molecule has 0 spiro atoms. The Bertz CT molecular complexity index is 365. The van der Waals surface area contributed by atoms with Gasteiger partial charge in [0.25, 0.3) is 0 Å². The number of hydrogen-bond donors (Lipinski definition) is 0. The van der Waals surface area contributed by atoms with Gasteiger partial charge in [-0.2, -0.15) is 0 Å². The minimum absolute atomic E-state index is 0.0552. The maximum absolute atomic E-state index is 13.0. The molecule has 0 saturated heterocycles. The van der Waals surface area contributed by atoms with Gasteiger partial charge in [0.2, 0.25) is 0 Å². The van der Waals surface area contributed by atoms with Crippen LogP contribution in [0, 0.1) is 23.5 Å². The molecule has 1 aromatic rings. The summed E-state index contributed by atoms with van der Waals surface area (Å²) in [5, 5.41) is 0. The largest absolute Gasteiger partial charge is 0.300 e. The summed E-state index contributed by atoms with van der Waals surface area (Å²) in [6.45, 7) is 5.38. The average molecular weight is 226 g/mol. The Kier molecular flexibility index (Phi) is 4.16. The van der Waals surface area contributed by atoms with Crippen molar-refractivity contribution in [3.05, 3.63) is 35.4 Å². The second-order valence-corrected chi connectivity index (χ2v) is 4.44. The Balaban J connectivity index is 2.89. The van der Waals surface area contributed by atoms with Crippen molar-refractivity contribution in [2.75, 3.05) is 0 Å². The van der Waals surface area contributed by atoms with Gasteiger partial charge in [-0.15, -0.1) is 0 Å². The van der Waals surface area contributed by atoms with Crippen LogP contribution >= 0.6 is 0 Å². The summed E-state index contributed by atoms with van der Waals surface area (Å²) >= 11 is 0. The molecular formula is C13H16F2O. The quantitative estimate of drug-likeness (QED) is 0.769. The highest BCUT2D eigenvalue weighted by molar-refractivity contribution is 5.78. The maximum atomic E-state index is 13.0. The van der Waals surface area contributed by atoms with Gasteiger partial charge in [-0.25, -0.2) is 8.78 Å². The number of carbonyl (C=O) groups is 1. The molecule has 0 aliphatic carbocycles. The highest BCUT2D eigenvalue weighted by Crippen LogP contribution is 2.19. The Hall–Kier alpha value is -1.25. The van der Waals surface area contributed by atoms with Gasteiger partial charge in [0.15, 0.2) is 0 Å². The third kappa shape index (κ3) is 3.40. The number of ketones is 1. The van der Waals surface area contributed by atoms with Gasteiger partial charge in [-0.1, -0.05) is 13.8 Å². The summed E-state index contributed by atoms with van der Waals surface area (Å²) in [6, 6.07) is 3.39. The van der Waals surface area contributed by atoms with Crippen LogP contribution in [0.5, 0.6) is 0 Å². The molecule has 0 saturated carbocycles. The molecule has 0 aliphatic rings. The molecule has 0 N–H and O–H groups in total. The lowest BCUT2D eigenvalue weighted by atomic mass is 9.86. The lowest BCUT2D eigenvalue weighted by Crippen LogP contribution is -2.20. The molecule has 0 aromatic heterocycles. The van der Waals surface area contributed by atoms with Crippen molar-refractivity contribution >= 4 is 5.78 Å². The molecule has 1 unspecified atom stereocenters. The normalized spacial score (nSPS) is 12.9. The zero-order valence-corrected chi connectivity index (χ0v) is 9.76. The molecule has 1 atom stereocenters. The SMILES string of the molecule is CC(=O)C(Cc1cc(F)cc(F)c1)C(C)C. The van der Waals surface area contributed by atoms with E-state index >= 15 is 0 Å². The van der Waals surface area contributed by atoms with Gasteiger partial charge in [0, 0.05) is 12.0 Å². The second-order valence-electron chi connectivity index (χ2n) is 4.44. The summed E-state index contributed by atoms with van der Waals surface area (Å²) in [4.78, 5) is 11.4. The summed E-state index contributed by atoms with van der Waals surface area (Å²) in [6.07, 6.45) is 0.391. The number of hydrogen-bond acceptors (Lipinski definition) is 1. The van der Waals surface area contributed by atoms with Gasteiger partial charge in [-0.05, 0) is 37.0 Å². The third-order valence-corrected chi connectivity index (χ3v) is 2.70. The molecule has 1 nitrogen and oxygen atoms in total. The number of benzene rings is 1. The smallest absolute Gasteiger partial charge is 0.133 e. The Morgan fingerprint density at radius 3 is 2.06 bits per heavy atom. The molecule has 16 heavy (non-hydrogen) atoms. The van der Waals surface area contributed by atoms with E-state index in [1.165, 1.54) is 19.1 Å². The Labute approximate surface area is 94.5 Å². The average Bonchev–Trinajstić information content (AvgIpc) is 2.11. The fraction of sp³-hybridized carbons (Fsp3) is 0.462. The molecule has 0 aliphatic heterocycles. The molecule has 1 rings (SSSR count). The van der Waals surface area contributed by atoms with Crippen LogP contribution in [-0.2, 0) is 11.2 Å². The Morgan fingerprint density at radius 2 is 1.69 bits per heavy atom. The van der Waals surface area contributed by atoms with E-state index in [9.17, 15) is 13.6 Å². The molecule has 0 fully saturated rings. The van der Waals surface area contributed by atoms with Crippen LogP contribution in [0.2, 0.25) is 0 Å². The Morgan fingerprint density at radius 1 is 1.19 bits per heavy atom. The molecule has 0 radical (unpaired) electrons. The van der Waals surface area contributed by atoms with Crippen LogP contribution in [0.3, 0.4) is 0 Å². The van der Waals surface area contributed by atoms with Gasteiger partial charge in [0.05, 0.1) is 0 Å². The van der Waals surface area contributed by atoms with Crippen LogP contribution in [0.4, 0.5) is 8.78 Å². The first-order valence-corrected chi connectivity index (χ1v) is 5.35. The molecule has 0 heterocycles. The minimum Gasteiger partial charge on any atom is -0.300 e. The number of rotatable bonds is 4. The standard InChI is InChI=1S/C13H16F2O/c1-8(2)13(9(3)16)6-10-4-11(14)7-12(15)5-10/h4-5,7-8,13H,6H2,1-3H3. The van der Waals surface area contributed by atoms with Crippen molar-refractivity contribution in [1.29, 1.82) is 0 Å². The van der Waals surface area contributed by atoms with Gasteiger partial charge < -0.3 is 0 Å². The monoisotopic (exact) mass is 226 g/mol. The lowest BCUT2D eigenvalue weighted by molar-refractivity contribution is -0.121. The van der Waals surface area contributed by atoms with Crippen molar-refractivity contribution in [3.63, 3.8) is 0 Å². The van der Waals surface area contributed by atoms with E-state index in [4.69, 9.17) is 0 Å². The second kappa shape index (κ2) is 5.19. The highest BCUT2D eigenvalue weighted by Gasteiger charge is 2.19. The van der Waals surface area contributed by atoms with Crippen molar-refractivity contribution < 1.29 is 13.6 Å². The number of carbonyl (C=O) groups excluding carboxylic acids is 1. The fourth-order valence-corrected chi connectivity index (χ4v) is 1.83. The van der Waals surface area contributed by atoms with Crippen LogP contribution in [0.1, 0.15) is 26.3 Å². The molecule has 88 valence electrons. The highest BCUT2D eigenvalue weighted by atomic mass is 19.1. The predicted octanol–water partition coefficient (Wildman–Crippen LogP) is 3.37. The topological polar surface area (TPSA) is 17.1 Å². The van der Waals surface area contributed by atoms with Crippen molar-refractivity contribution in [2.45, 2.75) is 27.2 Å². The minimum atomic E-state index is -0.596. The van der Waals surface area contributed by atoms with Crippen LogP contribution in [0.15, 0.2) is 18.2 Å².